The molecule has 0 aromatic rings. The molecule has 0 aliphatic heterocycles. The molecular weight excluding hydrogens is 247 g/mol. The van der Waals surface area contributed by atoms with Gasteiger partial charge in [-0.3, -0.25) is 0 Å². The van der Waals surface area contributed by atoms with Gasteiger partial charge < -0.3 is 0 Å². The minimum atomic E-state index is -0.314. The van der Waals surface area contributed by atoms with E-state index in [1.165, 1.54) is 0 Å². The van der Waals surface area contributed by atoms with Crippen LogP contribution in [-0.2, 0) is 4.74 Å². The molecule has 0 unspecified atom stereocenters. The van der Waals surface area contributed by atoms with Crippen LogP contribution in [0.1, 0.15) is 19.8 Å². The Labute approximate surface area is 91.9 Å². The number of carbonyl (C=O) groups is 1. The first-order valence-corrected chi connectivity index (χ1v) is 6.31. The normalized spacial score (nSPS) is 11.3. The molecule has 0 heterocycles. The van der Waals surface area contributed by atoms with Crippen molar-refractivity contribution in [2.75, 3.05) is 27.7 Å². The Bertz CT molecular complexity index is 205. The molecule has 0 spiro atoms. The van der Waals surface area contributed by atoms with E-state index in [0.29, 0.717) is 6.61 Å². The summed E-state index contributed by atoms with van der Waals surface area (Å²) in [6.07, 6.45) is 1.98. The van der Waals surface area contributed by atoms with Crippen molar-refractivity contribution in [3.05, 3.63) is 0 Å². The van der Waals surface area contributed by atoms with E-state index in [-0.39, 0.29) is 19.8 Å². The van der Waals surface area contributed by atoms with E-state index in [1.807, 2.05) is 19.0 Å². The molecule has 0 atom stereocenters. The standard InChI is InChI=1S/C9H18N2O2Se/c1-5-6-7-13-9(12)14-8(10-2)11(3)4/h5-7H2,1-4H3. The van der Waals surface area contributed by atoms with Crippen LogP contribution in [0.3, 0.4) is 0 Å². The molecule has 0 saturated carbocycles. The molecule has 0 rings (SSSR count). The van der Waals surface area contributed by atoms with Crippen molar-refractivity contribution < 1.29 is 9.53 Å². The molecule has 0 N–H and O–H groups in total. The van der Waals surface area contributed by atoms with Gasteiger partial charge >= 0.3 is 91.5 Å². The fraction of sp³-hybridized carbons (Fsp3) is 0.778. The summed E-state index contributed by atoms with van der Waals surface area (Å²) in [5, 5.41) is 0. The zero-order valence-corrected chi connectivity index (χ0v) is 11.0. The number of ether oxygens (including phenoxy) is 1. The van der Waals surface area contributed by atoms with Crippen LogP contribution >= 0.6 is 0 Å². The first-order chi connectivity index (χ1) is 6.61. The number of rotatable bonds is 5. The molecule has 82 valence electrons. The summed E-state index contributed by atoms with van der Waals surface area (Å²) in [6, 6.07) is 0. The maximum absolute atomic E-state index is 11.3. The van der Waals surface area contributed by atoms with E-state index in [9.17, 15) is 4.79 Å². The second-order valence-electron chi connectivity index (χ2n) is 2.95. The Kier molecular flexibility index (Phi) is 7.52. The second kappa shape index (κ2) is 7.83. The predicted molar refractivity (Wildman–Crippen MR) is 59.1 cm³/mol. The summed E-state index contributed by atoms with van der Waals surface area (Å²) >= 11 is -0.314. The second-order valence-corrected chi connectivity index (χ2v) is 4.85. The number of carbonyl (C=O) groups excluding carboxylic acids is 1. The monoisotopic (exact) mass is 266 g/mol. The Balaban J connectivity index is 3.81. The van der Waals surface area contributed by atoms with Crippen molar-refractivity contribution >= 4 is 24.6 Å². The SMILES string of the molecule is CCCCOC(=O)[Se]C(=NC)N(C)C. The van der Waals surface area contributed by atoms with Crippen LogP contribution in [0.25, 0.3) is 0 Å². The molecule has 0 bridgehead atoms. The summed E-state index contributed by atoms with van der Waals surface area (Å²) in [6.45, 7) is 2.60. The maximum atomic E-state index is 11.3. The van der Waals surface area contributed by atoms with Crippen molar-refractivity contribution in [3.63, 3.8) is 0 Å². The third-order valence-corrected chi connectivity index (χ3v) is 3.60. The number of aliphatic imine (C=N–C) groups is 1. The van der Waals surface area contributed by atoms with E-state index in [2.05, 4.69) is 11.9 Å². The van der Waals surface area contributed by atoms with Crippen molar-refractivity contribution in [1.29, 1.82) is 0 Å². The Hall–Kier alpha value is -0.541. The number of hydrogen-bond donors (Lipinski definition) is 0. The zero-order chi connectivity index (χ0) is 11.0. The van der Waals surface area contributed by atoms with Gasteiger partial charge in [0.1, 0.15) is 0 Å². The van der Waals surface area contributed by atoms with Crippen LogP contribution in [0.2, 0.25) is 0 Å². The minimum absolute atomic E-state index is 0.139. The van der Waals surface area contributed by atoms with E-state index in [4.69, 9.17) is 4.74 Å². The summed E-state index contributed by atoms with van der Waals surface area (Å²) in [5.74, 6) is 0. The number of nitrogens with zero attached hydrogens (tertiary/aromatic N) is 2. The van der Waals surface area contributed by atoms with Crippen molar-refractivity contribution in [2.45, 2.75) is 19.8 Å². The fourth-order valence-corrected chi connectivity index (χ4v) is 1.93. The van der Waals surface area contributed by atoms with E-state index in [1.54, 1.807) is 7.05 Å². The quantitative estimate of drug-likeness (QED) is 0.324. The molecule has 5 heteroatoms. The van der Waals surface area contributed by atoms with Crippen LogP contribution in [0.5, 0.6) is 0 Å². The molecule has 0 fully saturated rings. The van der Waals surface area contributed by atoms with Gasteiger partial charge in [0.2, 0.25) is 0 Å². The zero-order valence-electron chi connectivity index (χ0n) is 9.24. The van der Waals surface area contributed by atoms with Gasteiger partial charge in [-0.2, -0.15) is 0 Å². The number of unbranched alkanes of at least 4 members (excludes halogenated alkanes) is 1. The van der Waals surface area contributed by atoms with E-state index >= 15 is 0 Å². The molecular formula is C9H18N2O2Se. The third-order valence-electron chi connectivity index (χ3n) is 1.47. The van der Waals surface area contributed by atoms with Gasteiger partial charge in [0.25, 0.3) is 0 Å². The molecule has 0 aromatic carbocycles. The van der Waals surface area contributed by atoms with E-state index < -0.39 is 0 Å². The molecule has 0 aliphatic rings. The van der Waals surface area contributed by atoms with E-state index in [0.717, 1.165) is 17.6 Å². The molecule has 0 aliphatic carbocycles. The number of hydrogen-bond acceptors (Lipinski definition) is 3. The van der Waals surface area contributed by atoms with Crippen molar-refractivity contribution in [3.8, 4) is 0 Å². The van der Waals surface area contributed by atoms with Gasteiger partial charge in [-0.25, -0.2) is 0 Å². The third kappa shape index (κ3) is 6.00. The first kappa shape index (κ1) is 13.5. The van der Waals surface area contributed by atoms with Gasteiger partial charge in [0, 0.05) is 0 Å². The first-order valence-electron chi connectivity index (χ1n) is 4.60. The average molecular weight is 265 g/mol. The number of amidine groups is 1. The van der Waals surface area contributed by atoms with Gasteiger partial charge in [-0.1, -0.05) is 0 Å². The van der Waals surface area contributed by atoms with Gasteiger partial charge in [-0.15, -0.1) is 0 Å². The molecule has 0 saturated heterocycles. The van der Waals surface area contributed by atoms with Gasteiger partial charge in [0.15, 0.2) is 0 Å². The summed E-state index contributed by atoms with van der Waals surface area (Å²) in [4.78, 5) is 17.0. The molecule has 0 aromatic heterocycles. The topological polar surface area (TPSA) is 41.9 Å². The Morgan fingerprint density at radius 2 is 2.14 bits per heavy atom. The van der Waals surface area contributed by atoms with Crippen LogP contribution in [-0.4, -0.2) is 57.2 Å². The van der Waals surface area contributed by atoms with Gasteiger partial charge in [0.05, 0.1) is 0 Å². The fourth-order valence-electron chi connectivity index (χ4n) is 0.741. The van der Waals surface area contributed by atoms with Crippen LogP contribution in [0, 0.1) is 0 Å². The van der Waals surface area contributed by atoms with Crippen LogP contribution in [0.15, 0.2) is 4.99 Å². The predicted octanol–water partition coefficient (Wildman–Crippen LogP) is 1.17. The molecule has 0 amide bonds. The van der Waals surface area contributed by atoms with Crippen LogP contribution < -0.4 is 0 Å². The van der Waals surface area contributed by atoms with Crippen LogP contribution in [0.4, 0.5) is 4.79 Å². The Morgan fingerprint density at radius 1 is 1.50 bits per heavy atom. The Morgan fingerprint density at radius 3 is 2.57 bits per heavy atom. The summed E-state index contributed by atoms with van der Waals surface area (Å²) < 4.78 is 5.85. The average Bonchev–Trinajstić information content (AvgIpc) is 2.14. The van der Waals surface area contributed by atoms with Gasteiger partial charge in [-0.05, 0) is 0 Å². The molecule has 0 radical (unpaired) electrons. The molecule has 4 nitrogen and oxygen atoms in total. The summed E-state index contributed by atoms with van der Waals surface area (Å²) in [7, 11) is 5.45. The van der Waals surface area contributed by atoms with Crippen molar-refractivity contribution in [1.82, 2.24) is 4.90 Å². The molecule has 14 heavy (non-hydrogen) atoms. The van der Waals surface area contributed by atoms with Crippen molar-refractivity contribution in [2.24, 2.45) is 4.99 Å². The summed E-state index contributed by atoms with van der Waals surface area (Å²) in [5.41, 5.74) is 0.